The van der Waals surface area contributed by atoms with Crippen LogP contribution in [0.3, 0.4) is 0 Å². The van der Waals surface area contributed by atoms with Crippen LogP contribution in [-0.4, -0.2) is 56.7 Å². The SMILES string of the molecule is CC(C)(C)OC(=O)C1C[C@@H](NC(=O)c2coc(C3CCOCC3)n2)[C@@H](n2cc(C3CC3)nn2)C1. The first-order chi connectivity index (χ1) is 16.3. The van der Waals surface area contributed by atoms with Gasteiger partial charge in [-0.05, 0) is 59.3 Å². The molecule has 1 unspecified atom stereocenters. The van der Waals surface area contributed by atoms with Crippen LogP contribution in [0.1, 0.15) is 99.2 Å². The van der Waals surface area contributed by atoms with Crippen LogP contribution in [0, 0.1) is 5.92 Å². The zero-order chi connectivity index (χ0) is 23.9. The molecule has 3 fully saturated rings. The molecule has 3 heterocycles. The van der Waals surface area contributed by atoms with Gasteiger partial charge in [-0.3, -0.25) is 9.59 Å². The zero-order valence-corrected chi connectivity index (χ0v) is 20.0. The molecular weight excluding hydrogens is 438 g/mol. The number of carbonyl (C=O) groups excluding carboxylic acids is 2. The monoisotopic (exact) mass is 471 g/mol. The molecule has 0 bridgehead atoms. The van der Waals surface area contributed by atoms with Gasteiger partial charge in [-0.1, -0.05) is 5.21 Å². The topological polar surface area (TPSA) is 121 Å². The quantitative estimate of drug-likeness (QED) is 0.638. The summed E-state index contributed by atoms with van der Waals surface area (Å²) in [6.07, 6.45) is 8.29. The van der Waals surface area contributed by atoms with E-state index in [1.807, 2.05) is 27.0 Å². The van der Waals surface area contributed by atoms with Crippen LogP contribution in [0.4, 0.5) is 0 Å². The summed E-state index contributed by atoms with van der Waals surface area (Å²) in [5, 5.41) is 11.7. The Kier molecular flexibility index (Phi) is 6.18. The Morgan fingerprint density at radius 3 is 2.59 bits per heavy atom. The van der Waals surface area contributed by atoms with E-state index >= 15 is 0 Å². The number of hydrogen-bond donors (Lipinski definition) is 1. The molecule has 2 aromatic heterocycles. The summed E-state index contributed by atoms with van der Waals surface area (Å²) in [5.74, 6) is 0.321. The van der Waals surface area contributed by atoms with Gasteiger partial charge in [0.2, 0.25) is 0 Å². The van der Waals surface area contributed by atoms with Crippen molar-refractivity contribution < 1.29 is 23.5 Å². The zero-order valence-electron chi connectivity index (χ0n) is 20.0. The number of nitrogens with one attached hydrogen (secondary N) is 1. The van der Waals surface area contributed by atoms with Gasteiger partial charge in [0.05, 0.1) is 23.7 Å². The number of nitrogens with zero attached hydrogens (tertiary/aromatic N) is 4. The molecule has 10 heteroatoms. The summed E-state index contributed by atoms with van der Waals surface area (Å²) in [6.45, 7) is 6.92. The molecule has 1 N–H and O–H groups in total. The minimum Gasteiger partial charge on any atom is -0.460 e. The molecule has 184 valence electrons. The lowest BCUT2D eigenvalue weighted by atomic mass is 10.0. The number of oxazole rings is 1. The summed E-state index contributed by atoms with van der Waals surface area (Å²) in [5.41, 5.74) is 0.656. The molecule has 2 saturated carbocycles. The first kappa shape index (κ1) is 23.0. The van der Waals surface area contributed by atoms with Crippen LogP contribution in [0.2, 0.25) is 0 Å². The van der Waals surface area contributed by atoms with Crippen molar-refractivity contribution in [3.8, 4) is 0 Å². The summed E-state index contributed by atoms with van der Waals surface area (Å²) >= 11 is 0. The van der Waals surface area contributed by atoms with E-state index in [2.05, 4.69) is 20.6 Å². The maximum Gasteiger partial charge on any atom is 0.309 e. The second-order valence-corrected chi connectivity index (χ2v) is 10.7. The predicted octanol–water partition coefficient (Wildman–Crippen LogP) is 3.13. The molecule has 1 saturated heterocycles. The normalized spacial score (nSPS) is 25.9. The molecule has 0 radical (unpaired) electrons. The molecule has 2 aliphatic carbocycles. The van der Waals surface area contributed by atoms with Gasteiger partial charge in [-0.15, -0.1) is 5.10 Å². The fraction of sp³-hybridized carbons (Fsp3) is 0.708. The Balaban J connectivity index is 1.31. The second kappa shape index (κ2) is 9.13. The highest BCUT2D eigenvalue weighted by atomic mass is 16.6. The lowest BCUT2D eigenvalue weighted by molar-refractivity contribution is -0.159. The number of esters is 1. The van der Waals surface area contributed by atoms with Crippen LogP contribution >= 0.6 is 0 Å². The van der Waals surface area contributed by atoms with Gasteiger partial charge in [-0.2, -0.15) is 0 Å². The molecule has 3 aliphatic rings. The Hall–Kier alpha value is -2.75. The molecular formula is C24H33N5O5. The van der Waals surface area contributed by atoms with Crippen LogP contribution < -0.4 is 5.32 Å². The summed E-state index contributed by atoms with van der Waals surface area (Å²) in [4.78, 5) is 30.4. The van der Waals surface area contributed by atoms with Gasteiger partial charge < -0.3 is 19.2 Å². The molecule has 3 atom stereocenters. The maximum atomic E-state index is 13.1. The van der Waals surface area contributed by atoms with Gasteiger partial charge in [0, 0.05) is 31.2 Å². The second-order valence-electron chi connectivity index (χ2n) is 10.7. The summed E-state index contributed by atoms with van der Waals surface area (Å²) < 4.78 is 18.5. The number of carbonyl (C=O) groups is 2. The maximum absolute atomic E-state index is 13.1. The summed E-state index contributed by atoms with van der Waals surface area (Å²) in [6, 6.07) is -0.495. The van der Waals surface area contributed by atoms with Crippen LogP contribution in [0.25, 0.3) is 0 Å². The average Bonchev–Trinajstić information content (AvgIpc) is 3.18. The minimum atomic E-state index is -0.568. The van der Waals surface area contributed by atoms with Crippen molar-refractivity contribution in [3.05, 3.63) is 29.7 Å². The van der Waals surface area contributed by atoms with Crippen LogP contribution in [0.5, 0.6) is 0 Å². The fourth-order valence-electron chi connectivity index (χ4n) is 4.83. The Morgan fingerprint density at radius 1 is 1.12 bits per heavy atom. The third-order valence-electron chi connectivity index (χ3n) is 6.77. The number of rotatable bonds is 6. The highest BCUT2D eigenvalue weighted by Crippen LogP contribution is 2.41. The fourth-order valence-corrected chi connectivity index (χ4v) is 4.83. The molecule has 10 nitrogen and oxygen atoms in total. The number of amides is 1. The Labute approximate surface area is 198 Å². The van der Waals surface area contributed by atoms with Crippen LogP contribution in [-0.2, 0) is 14.3 Å². The third-order valence-corrected chi connectivity index (χ3v) is 6.77. The van der Waals surface area contributed by atoms with E-state index in [0.29, 0.717) is 37.9 Å². The number of hydrogen-bond acceptors (Lipinski definition) is 8. The Bertz CT molecular complexity index is 1030. The van der Waals surface area contributed by atoms with Crippen molar-refractivity contribution >= 4 is 11.9 Å². The van der Waals surface area contributed by atoms with Gasteiger partial charge in [0.25, 0.3) is 5.91 Å². The van der Waals surface area contributed by atoms with Crippen molar-refractivity contribution in [3.63, 3.8) is 0 Å². The van der Waals surface area contributed by atoms with Gasteiger partial charge >= 0.3 is 5.97 Å². The van der Waals surface area contributed by atoms with Gasteiger partial charge in [0.1, 0.15) is 11.9 Å². The van der Waals surface area contributed by atoms with Crippen molar-refractivity contribution in [2.75, 3.05) is 13.2 Å². The van der Waals surface area contributed by atoms with E-state index in [4.69, 9.17) is 13.9 Å². The van der Waals surface area contributed by atoms with E-state index in [1.54, 1.807) is 4.68 Å². The summed E-state index contributed by atoms with van der Waals surface area (Å²) in [7, 11) is 0. The van der Waals surface area contributed by atoms with Crippen molar-refractivity contribution in [2.24, 2.45) is 5.92 Å². The van der Waals surface area contributed by atoms with E-state index in [-0.39, 0.29) is 41.5 Å². The van der Waals surface area contributed by atoms with Crippen molar-refractivity contribution in [1.82, 2.24) is 25.3 Å². The molecule has 0 aromatic carbocycles. The first-order valence-corrected chi connectivity index (χ1v) is 12.3. The predicted molar refractivity (Wildman–Crippen MR) is 120 cm³/mol. The van der Waals surface area contributed by atoms with Gasteiger partial charge in [-0.25, -0.2) is 9.67 Å². The molecule has 0 spiro atoms. The molecule has 2 aromatic rings. The van der Waals surface area contributed by atoms with E-state index in [9.17, 15) is 9.59 Å². The van der Waals surface area contributed by atoms with Crippen molar-refractivity contribution in [2.45, 2.75) is 88.8 Å². The van der Waals surface area contributed by atoms with E-state index < -0.39 is 5.60 Å². The average molecular weight is 472 g/mol. The number of ether oxygens (including phenoxy) is 2. The largest absolute Gasteiger partial charge is 0.460 e. The van der Waals surface area contributed by atoms with Gasteiger partial charge in [0.15, 0.2) is 11.6 Å². The lowest BCUT2D eigenvalue weighted by Gasteiger charge is -2.22. The third kappa shape index (κ3) is 5.16. The highest BCUT2D eigenvalue weighted by molar-refractivity contribution is 5.92. The molecule has 5 rings (SSSR count). The van der Waals surface area contributed by atoms with E-state index in [0.717, 1.165) is 31.4 Å². The van der Waals surface area contributed by atoms with Crippen LogP contribution in [0.15, 0.2) is 16.9 Å². The standard InChI is InChI=1S/C24H33N5O5/c1-24(2,3)34-23(31)16-10-17(20(11-16)29-12-18(27-28-29)14-4-5-14)25-21(30)19-13-33-22(26-19)15-6-8-32-9-7-15/h12-17,20H,4-11H2,1-3H3,(H,25,30)/t16?,17-,20+/m1/s1. The van der Waals surface area contributed by atoms with E-state index in [1.165, 1.54) is 6.26 Å². The Morgan fingerprint density at radius 2 is 1.88 bits per heavy atom. The lowest BCUT2D eigenvalue weighted by Crippen LogP contribution is -2.39. The van der Waals surface area contributed by atoms with Crippen molar-refractivity contribution in [1.29, 1.82) is 0 Å². The number of aromatic nitrogens is 4. The highest BCUT2D eigenvalue weighted by Gasteiger charge is 2.43. The minimum absolute atomic E-state index is 0.169. The first-order valence-electron chi connectivity index (χ1n) is 12.3. The molecule has 1 amide bonds. The molecule has 1 aliphatic heterocycles. The molecule has 34 heavy (non-hydrogen) atoms. The smallest absolute Gasteiger partial charge is 0.309 e.